The van der Waals surface area contributed by atoms with Crippen molar-refractivity contribution < 1.29 is 14.6 Å². The Morgan fingerprint density at radius 2 is 2.30 bits per heavy atom. The minimum Gasteiger partial charge on any atom is -0.479 e. The third-order valence-corrected chi connectivity index (χ3v) is 3.95. The van der Waals surface area contributed by atoms with Crippen LogP contribution in [-0.4, -0.2) is 41.2 Å². The molecule has 0 radical (unpaired) electrons. The smallest absolute Gasteiger partial charge is 0.263 e. The second kappa shape index (κ2) is 6.66. The number of hydrogen-bond acceptors (Lipinski definition) is 3. The third-order valence-electron chi connectivity index (χ3n) is 3.42. The number of aliphatic hydroxyl groups excluding tert-OH is 1. The Hall–Kier alpha value is -0.970. The zero-order valence-electron chi connectivity index (χ0n) is 11.2. The van der Waals surface area contributed by atoms with Gasteiger partial charge in [0, 0.05) is 11.6 Å². The maximum atomic E-state index is 12.3. The summed E-state index contributed by atoms with van der Waals surface area (Å²) in [4.78, 5) is 14.0. The first-order valence-electron chi connectivity index (χ1n) is 6.56. The number of amides is 1. The zero-order valence-corrected chi connectivity index (χ0v) is 12.7. The molecule has 1 N–H and O–H groups in total. The van der Waals surface area contributed by atoms with Gasteiger partial charge >= 0.3 is 0 Å². The van der Waals surface area contributed by atoms with Gasteiger partial charge in [-0.2, -0.15) is 0 Å². The van der Waals surface area contributed by atoms with Crippen molar-refractivity contribution in [1.29, 1.82) is 0 Å². The molecular weight excluding hydrogens is 301 g/mol. The van der Waals surface area contributed by atoms with Gasteiger partial charge in [-0.1, -0.05) is 23.2 Å². The van der Waals surface area contributed by atoms with Gasteiger partial charge in [0.2, 0.25) is 0 Å². The molecular formula is C14H17Cl2NO3. The summed E-state index contributed by atoms with van der Waals surface area (Å²) in [6, 6.07) is 4.77. The molecule has 1 aliphatic heterocycles. The lowest BCUT2D eigenvalue weighted by Gasteiger charge is -2.26. The highest BCUT2D eigenvalue weighted by molar-refractivity contribution is 6.35. The Balaban J connectivity index is 2.04. The number of rotatable bonds is 4. The van der Waals surface area contributed by atoms with Crippen LogP contribution in [0.2, 0.25) is 10.0 Å². The zero-order chi connectivity index (χ0) is 14.7. The van der Waals surface area contributed by atoms with Gasteiger partial charge in [0.05, 0.1) is 17.7 Å². The Bertz CT molecular complexity index is 495. The Morgan fingerprint density at radius 1 is 1.55 bits per heavy atom. The fraction of sp³-hybridized carbons (Fsp3) is 0.500. The summed E-state index contributed by atoms with van der Waals surface area (Å²) in [6.45, 7) is 2.33. The monoisotopic (exact) mass is 317 g/mol. The van der Waals surface area contributed by atoms with Crippen molar-refractivity contribution in [3.8, 4) is 5.75 Å². The first-order valence-corrected chi connectivity index (χ1v) is 7.31. The minimum absolute atomic E-state index is 0.0137. The van der Waals surface area contributed by atoms with E-state index in [1.54, 1.807) is 30.0 Å². The highest BCUT2D eigenvalue weighted by atomic mass is 35.5. The van der Waals surface area contributed by atoms with Crippen LogP contribution in [0.4, 0.5) is 0 Å². The predicted octanol–water partition coefficient (Wildman–Crippen LogP) is 2.74. The molecule has 1 saturated heterocycles. The maximum absolute atomic E-state index is 12.3. The second-order valence-corrected chi connectivity index (χ2v) is 5.69. The van der Waals surface area contributed by atoms with E-state index in [1.807, 2.05) is 0 Å². The lowest BCUT2D eigenvalue weighted by molar-refractivity contribution is -0.139. The highest BCUT2D eigenvalue weighted by Crippen LogP contribution is 2.29. The summed E-state index contributed by atoms with van der Waals surface area (Å²) in [7, 11) is 0. The molecule has 20 heavy (non-hydrogen) atoms. The molecule has 110 valence electrons. The molecule has 1 aromatic rings. The summed E-state index contributed by atoms with van der Waals surface area (Å²) in [6.07, 6.45) is 1.09. The molecule has 0 saturated carbocycles. The Morgan fingerprint density at radius 3 is 2.95 bits per heavy atom. The third kappa shape index (κ3) is 3.37. The number of benzene rings is 1. The van der Waals surface area contributed by atoms with E-state index in [0.717, 1.165) is 12.8 Å². The van der Waals surface area contributed by atoms with Gasteiger partial charge in [0.25, 0.3) is 5.91 Å². The van der Waals surface area contributed by atoms with Crippen molar-refractivity contribution in [2.45, 2.75) is 31.9 Å². The summed E-state index contributed by atoms with van der Waals surface area (Å²) in [5.74, 6) is 0.296. The number of halogens is 2. The van der Waals surface area contributed by atoms with Crippen molar-refractivity contribution in [1.82, 2.24) is 4.90 Å². The van der Waals surface area contributed by atoms with E-state index in [1.165, 1.54) is 0 Å². The van der Waals surface area contributed by atoms with E-state index < -0.39 is 6.10 Å². The summed E-state index contributed by atoms with van der Waals surface area (Å²) in [5, 5.41) is 10.1. The number of aliphatic hydroxyl groups is 1. The number of hydrogen-bond donors (Lipinski definition) is 1. The van der Waals surface area contributed by atoms with Gasteiger partial charge in [-0.15, -0.1) is 0 Å². The summed E-state index contributed by atoms with van der Waals surface area (Å²) in [5.41, 5.74) is 0. The van der Waals surface area contributed by atoms with Crippen LogP contribution in [0.25, 0.3) is 0 Å². The van der Waals surface area contributed by atoms with Gasteiger partial charge in [0.1, 0.15) is 5.75 Å². The van der Waals surface area contributed by atoms with Crippen LogP contribution >= 0.6 is 23.2 Å². The first kappa shape index (κ1) is 15.4. The van der Waals surface area contributed by atoms with Crippen LogP contribution in [-0.2, 0) is 4.79 Å². The second-order valence-electron chi connectivity index (χ2n) is 4.85. The van der Waals surface area contributed by atoms with Crippen molar-refractivity contribution in [3.05, 3.63) is 28.2 Å². The van der Waals surface area contributed by atoms with E-state index in [2.05, 4.69) is 0 Å². The average Bonchev–Trinajstić information content (AvgIpc) is 2.89. The van der Waals surface area contributed by atoms with Crippen LogP contribution < -0.4 is 4.74 Å². The van der Waals surface area contributed by atoms with Crippen molar-refractivity contribution in [2.24, 2.45) is 0 Å². The van der Waals surface area contributed by atoms with E-state index >= 15 is 0 Å². The predicted molar refractivity (Wildman–Crippen MR) is 78.4 cm³/mol. The molecule has 1 heterocycles. The number of likely N-dealkylation sites (tertiary alicyclic amines) is 1. The van der Waals surface area contributed by atoms with Crippen molar-refractivity contribution >= 4 is 29.1 Å². The van der Waals surface area contributed by atoms with Gasteiger partial charge in [-0.05, 0) is 38.0 Å². The topological polar surface area (TPSA) is 49.8 Å². The standard InChI is InChI=1S/C14H17Cl2NO3/c1-9(14(19)17-6-2-3-11(17)8-18)20-13-5-4-10(15)7-12(13)16/h4-5,7,9,11,18H,2-3,6,8H2,1H3/t9?,11-/m0/s1. The van der Waals surface area contributed by atoms with Gasteiger partial charge < -0.3 is 14.7 Å². The van der Waals surface area contributed by atoms with Crippen LogP contribution in [0.1, 0.15) is 19.8 Å². The van der Waals surface area contributed by atoms with Crippen LogP contribution in [0.5, 0.6) is 5.75 Å². The summed E-state index contributed by atoms with van der Waals surface area (Å²) >= 11 is 11.8. The SMILES string of the molecule is CC(Oc1ccc(Cl)cc1Cl)C(=O)N1CCC[C@H]1CO. The first-order chi connectivity index (χ1) is 9.52. The fourth-order valence-corrected chi connectivity index (χ4v) is 2.81. The molecule has 0 spiro atoms. The number of ether oxygens (including phenoxy) is 1. The average molecular weight is 318 g/mol. The normalized spacial score (nSPS) is 20.0. The van der Waals surface area contributed by atoms with Crippen LogP contribution in [0.15, 0.2) is 18.2 Å². The molecule has 1 amide bonds. The minimum atomic E-state index is -0.652. The number of carbonyl (C=O) groups excluding carboxylic acids is 1. The lowest BCUT2D eigenvalue weighted by atomic mass is 10.2. The molecule has 0 bridgehead atoms. The molecule has 0 aliphatic carbocycles. The maximum Gasteiger partial charge on any atom is 0.263 e. The van der Waals surface area contributed by atoms with Gasteiger partial charge in [0.15, 0.2) is 6.10 Å². The fourth-order valence-electron chi connectivity index (χ4n) is 2.36. The van der Waals surface area contributed by atoms with Crippen LogP contribution in [0, 0.1) is 0 Å². The Kier molecular flexibility index (Phi) is 5.13. The van der Waals surface area contributed by atoms with Gasteiger partial charge in [-0.25, -0.2) is 0 Å². The summed E-state index contributed by atoms with van der Waals surface area (Å²) < 4.78 is 5.60. The van der Waals surface area contributed by atoms with Crippen molar-refractivity contribution in [3.63, 3.8) is 0 Å². The van der Waals surface area contributed by atoms with Crippen molar-refractivity contribution in [2.75, 3.05) is 13.2 Å². The molecule has 1 aromatic carbocycles. The lowest BCUT2D eigenvalue weighted by Crippen LogP contribution is -2.44. The van der Waals surface area contributed by atoms with Gasteiger partial charge in [-0.3, -0.25) is 4.79 Å². The molecule has 1 fully saturated rings. The molecule has 4 nitrogen and oxygen atoms in total. The molecule has 2 atom stereocenters. The highest BCUT2D eigenvalue weighted by Gasteiger charge is 2.31. The molecule has 2 rings (SSSR count). The molecule has 1 unspecified atom stereocenters. The largest absolute Gasteiger partial charge is 0.479 e. The Labute approximate surface area is 128 Å². The van der Waals surface area contributed by atoms with Crippen LogP contribution in [0.3, 0.4) is 0 Å². The van der Waals surface area contributed by atoms with E-state index in [0.29, 0.717) is 22.3 Å². The molecule has 0 aromatic heterocycles. The molecule has 6 heteroatoms. The van der Waals surface area contributed by atoms with E-state index in [9.17, 15) is 9.90 Å². The number of carbonyl (C=O) groups is 1. The quantitative estimate of drug-likeness (QED) is 0.929. The van der Waals surface area contributed by atoms with E-state index in [-0.39, 0.29) is 18.6 Å². The molecule has 1 aliphatic rings. The number of nitrogens with zero attached hydrogens (tertiary/aromatic N) is 1. The van der Waals surface area contributed by atoms with E-state index in [4.69, 9.17) is 27.9 Å².